The fraction of sp³-hybridized carbons (Fsp3) is 0.400. The maximum absolute atomic E-state index is 9.35. The van der Waals surface area contributed by atoms with Crippen LogP contribution in [0.15, 0.2) is 24.3 Å². The zero-order chi connectivity index (χ0) is 9.68. The minimum atomic E-state index is 0.260. The monoisotopic (exact) mass is 404 g/mol. The van der Waals surface area contributed by atoms with Crippen molar-refractivity contribution < 1.29 is 47.5 Å². The van der Waals surface area contributed by atoms with Crippen molar-refractivity contribution in [2.45, 2.75) is 3.92 Å². The normalized spacial score (nSPS) is 13.4. The summed E-state index contributed by atoms with van der Waals surface area (Å²) in [5.74, 6) is 0.411. The van der Waals surface area contributed by atoms with Crippen LogP contribution < -0.4 is 42.4 Å². The molecule has 3 heteroatoms. The maximum atomic E-state index is 9.35. The van der Waals surface area contributed by atoms with Crippen molar-refractivity contribution in [3.8, 4) is 5.75 Å². The minimum absolute atomic E-state index is 0.260. The molecule has 0 aromatic heterocycles. The van der Waals surface area contributed by atoms with Gasteiger partial charge in [-0.25, -0.2) is 0 Å². The Labute approximate surface area is 100 Å². The van der Waals surface area contributed by atoms with E-state index < -0.39 is 0 Å². The summed E-state index contributed by atoms with van der Waals surface area (Å²) in [6.07, 6.45) is 0. The predicted molar refractivity (Wildman–Crippen MR) is 47.6 cm³/mol. The molecule has 0 radical (unpaired) electrons. The van der Waals surface area contributed by atoms with Crippen LogP contribution in [0.4, 0.5) is 0 Å². The van der Waals surface area contributed by atoms with Gasteiger partial charge in [0.15, 0.2) is 0 Å². The van der Waals surface area contributed by atoms with Crippen molar-refractivity contribution in [2.24, 2.45) is 0 Å². The van der Waals surface area contributed by atoms with Gasteiger partial charge in [-0.1, -0.05) is 0 Å². The van der Waals surface area contributed by atoms with E-state index in [0.29, 0.717) is 27.0 Å². The Kier molecular flexibility index (Phi) is 5.38. The molecule has 0 aliphatic heterocycles. The first-order chi connectivity index (χ1) is 6.27. The quantitative estimate of drug-likeness (QED) is 0.400. The van der Waals surface area contributed by atoms with Gasteiger partial charge in [-0.15, -0.1) is 0 Å². The van der Waals surface area contributed by atoms with Gasteiger partial charge < -0.3 is 0 Å². The molecule has 1 aromatic carbocycles. The number of halogens is 2. The molecule has 1 N–H and O–H groups in total. The van der Waals surface area contributed by atoms with Crippen LogP contribution in [-0.4, -0.2) is 19.4 Å². The third-order valence-electron chi connectivity index (χ3n) is 1.79. The summed E-state index contributed by atoms with van der Waals surface area (Å²) in [5.41, 5.74) is 1.34. The number of phenols is 1. The molecule has 0 saturated heterocycles. The van der Waals surface area contributed by atoms with Gasteiger partial charge in [-0.3, -0.25) is 0 Å². The van der Waals surface area contributed by atoms with Gasteiger partial charge in [0.05, 0.1) is 0 Å². The second kappa shape index (κ2) is 6.06. The van der Waals surface area contributed by atoms with E-state index in [1.165, 1.54) is 9.99 Å². The first kappa shape index (κ1) is 11.6. The topological polar surface area (TPSA) is 20.2 Å². The standard InChI is InChI=1S/C10H14I2O/c1-11-7-10(12-2)8-4-3-5-9(13)6-8/h3-6,10,13H,7H2,1-2H3/q-2. The summed E-state index contributed by atoms with van der Waals surface area (Å²) in [7, 11) is 0. The van der Waals surface area contributed by atoms with Crippen molar-refractivity contribution in [2.75, 3.05) is 14.3 Å². The molecule has 1 atom stereocenters. The average Bonchev–Trinajstić information content (AvgIpc) is 2.14. The van der Waals surface area contributed by atoms with Crippen LogP contribution in [-0.2, 0) is 0 Å². The van der Waals surface area contributed by atoms with E-state index in [2.05, 4.69) is 15.9 Å². The van der Waals surface area contributed by atoms with E-state index in [0.717, 1.165) is 3.92 Å². The molecule has 0 amide bonds. The third-order valence-corrected chi connectivity index (χ3v) is 7.90. The number of benzene rings is 1. The fourth-order valence-corrected chi connectivity index (χ4v) is 8.32. The van der Waals surface area contributed by atoms with Gasteiger partial charge in [0.25, 0.3) is 0 Å². The van der Waals surface area contributed by atoms with Crippen LogP contribution in [0, 0.1) is 0 Å². The summed E-state index contributed by atoms with van der Waals surface area (Å²) < 4.78 is 2.13. The molecular weight excluding hydrogens is 390 g/mol. The second-order valence-corrected chi connectivity index (χ2v) is 7.86. The van der Waals surface area contributed by atoms with Crippen LogP contribution in [0.25, 0.3) is 0 Å². The van der Waals surface area contributed by atoms with Gasteiger partial charge in [0, 0.05) is 0 Å². The first-order valence-corrected chi connectivity index (χ1v) is 11.1. The van der Waals surface area contributed by atoms with E-state index in [4.69, 9.17) is 0 Å². The molecule has 1 nitrogen and oxygen atoms in total. The Bertz CT molecular complexity index is 263. The Morgan fingerprint density at radius 3 is 2.69 bits per heavy atom. The van der Waals surface area contributed by atoms with E-state index in [1.807, 2.05) is 12.1 Å². The molecule has 0 bridgehead atoms. The number of phenolic OH excluding ortho intramolecular Hbond substituents is 1. The Hall–Kier alpha value is 0.480. The zero-order valence-electron chi connectivity index (χ0n) is 7.80. The number of hydrogen-bond acceptors (Lipinski definition) is 1. The van der Waals surface area contributed by atoms with Gasteiger partial charge in [-0.05, 0) is 0 Å². The molecule has 0 fully saturated rings. The van der Waals surface area contributed by atoms with E-state index in [1.54, 1.807) is 6.07 Å². The van der Waals surface area contributed by atoms with Gasteiger partial charge >= 0.3 is 101 Å². The molecule has 1 aromatic rings. The van der Waals surface area contributed by atoms with Crippen LogP contribution >= 0.6 is 0 Å². The van der Waals surface area contributed by atoms with Crippen molar-refractivity contribution in [3.05, 3.63) is 29.8 Å². The fourth-order valence-electron chi connectivity index (χ4n) is 1.13. The zero-order valence-corrected chi connectivity index (χ0v) is 12.1. The van der Waals surface area contributed by atoms with Gasteiger partial charge in [-0.2, -0.15) is 0 Å². The van der Waals surface area contributed by atoms with Crippen LogP contribution in [0.2, 0.25) is 0 Å². The summed E-state index contributed by atoms with van der Waals surface area (Å²) in [6, 6.07) is 7.76. The number of alkyl halides is 4. The molecule has 13 heavy (non-hydrogen) atoms. The van der Waals surface area contributed by atoms with Crippen LogP contribution in [0.3, 0.4) is 0 Å². The van der Waals surface area contributed by atoms with Gasteiger partial charge in [0.2, 0.25) is 0 Å². The molecular formula is C10H14I2O-2. The van der Waals surface area contributed by atoms with E-state index >= 15 is 0 Å². The summed E-state index contributed by atoms with van der Waals surface area (Å²) in [4.78, 5) is 4.65. The number of rotatable bonds is 4. The number of aromatic hydroxyl groups is 1. The van der Waals surface area contributed by atoms with Crippen molar-refractivity contribution in [1.82, 2.24) is 0 Å². The average molecular weight is 404 g/mol. The molecule has 0 aliphatic carbocycles. The van der Waals surface area contributed by atoms with Crippen LogP contribution in [0.1, 0.15) is 9.49 Å². The van der Waals surface area contributed by atoms with Crippen molar-refractivity contribution >= 4 is 0 Å². The van der Waals surface area contributed by atoms with Crippen molar-refractivity contribution in [3.63, 3.8) is 0 Å². The molecule has 0 aliphatic rings. The van der Waals surface area contributed by atoms with Crippen LogP contribution in [0.5, 0.6) is 5.75 Å². The van der Waals surface area contributed by atoms with Gasteiger partial charge in [0.1, 0.15) is 0 Å². The second-order valence-electron chi connectivity index (χ2n) is 2.70. The summed E-state index contributed by atoms with van der Waals surface area (Å²) in [6.45, 7) is 0. The Morgan fingerprint density at radius 1 is 1.38 bits per heavy atom. The molecule has 0 saturated carbocycles. The molecule has 76 valence electrons. The Balaban J connectivity index is 2.78. The van der Waals surface area contributed by atoms with Crippen molar-refractivity contribution in [1.29, 1.82) is 0 Å². The Morgan fingerprint density at radius 2 is 2.15 bits per heavy atom. The van der Waals surface area contributed by atoms with E-state index in [-0.39, 0.29) is 21.2 Å². The molecule has 0 spiro atoms. The molecule has 1 rings (SSSR count). The summed E-state index contributed by atoms with van der Waals surface area (Å²) in [5, 5.41) is 9.35. The third kappa shape index (κ3) is 3.61. The number of hydrogen-bond donors (Lipinski definition) is 1. The SMILES string of the molecule is C[I-]CC([I-]C)c1cccc(O)c1. The summed E-state index contributed by atoms with van der Waals surface area (Å²) >= 11 is 0.631. The first-order valence-electron chi connectivity index (χ1n) is 3.98. The molecule has 1 unspecified atom stereocenters. The molecule has 0 heterocycles. The van der Waals surface area contributed by atoms with E-state index in [9.17, 15) is 5.11 Å². The predicted octanol–water partition coefficient (Wildman–Crippen LogP) is -4.13.